The van der Waals surface area contributed by atoms with Crippen molar-refractivity contribution < 1.29 is 4.79 Å². The summed E-state index contributed by atoms with van der Waals surface area (Å²) < 4.78 is 2.14. The Bertz CT molecular complexity index is 1130. The lowest BCUT2D eigenvalue weighted by atomic mass is 10.1. The lowest BCUT2D eigenvalue weighted by Crippen LogP contribution is -2.13. The van der Waals surface area contributed by atoms with Crippen LogP contribution in [0.5, 0.6) is 0 Å². The Morgan fingerprint density at radius 1 is 1.03 bits per heavy atom. The summed E-state index contributed by atoms with van der Waals surface area (Å²) in [5.74, 6) is -0.453. The zero-order valence-electron chi connectivity index (χ0n) is 16.9. The van der Waals surface area contributed by atoms with Crippen LogP contribution in [0.25, 0.3) is 11.8 Å². The molecule has 1 aromatic heterocycles. The quantitative estimate of drug-likeness (QED) is 0.434. The van der Waals surface area contributed by atoms with E-state index in [1.54, 1.807) is 30.3 Å². The molecule has 0 bridgehead atoms. The van der Waals surface area contributed by atoms with Crippen molar-refractivity contribution in [3.05, 3.63) is 87.2 Å². The standard InChI is InChI=1S/C24H22ClN3O/c1-15-9-16(2)11-23(10-15)28-17(3)12-19(18(28)4)13-20(14-26)24(29)27-22-7-5-21(25)6-8-22/h5-13H,1-4H3,(H,27,29)/b20-13-. The molecule has 29 heavy (non-hydrogen) atoms. The molecule has 5 heteroatoms. The molecule has 146 valence electrons. The Labute approximate surface area is 176 Å². The molecular weight excluding hydrogens is 382 g/mol. The van der Waals surface area contributed by atoms with Crippen LogP contribution in [0.15, 0.2) is 54.1 Å². The Morgan fingerprint density at radius 2 is 1.66 bits per heavy atom. The number of rotatable bonds is 4. The molecule has 0 aliphatic heterocycles. The lowest BCUT2D eigenvalue weighted by Gasteiger charge is -2.12. The van der Waals surface area contributed by atoms with Crippen LogP contribution in [-0.4, -0.2) is 10.5 Å². The summed E-state index contributed by atoms with van der Waals surface area (Å²) in [5.41, 5.74) is 6.91. The van der Waals surface area contributed by atoms with Crippen molar-refractivity contribution in [3.63, 3.8) is 0 Å². The fraction of sp³-hybridized carbons (Fsp3) is 0.167. The van der Waals surface area contributed by atoms with E-state index < -0.39 is 5.91 Å². The monoisotopic (exact) mass is 403 g/mol. The number of carbonyl (C=O) groups is 1. The number of carbonyl (C=O) groups excluding carboxylic acids is 1. The molecule has 0 unspecified atom stereocenters. The summed E-state index contributed by atoms with van der Waals surface area (Å²) in [6, 6.07) is 17.1. The molecule has 0 fully saturated rings. The highest BCUT2D eigenvalue weighted by molar-refractivity contribution is 6.30. The van der Waals surface area contributed by atoms with Crippen LogP contribution in [0, 0.1) is 39.0 Å². The van der Waals surface area contributed by atoms with E-state index in [1.807, 2.05) is 26.0 Å². The number of amides is 1. The van der Waals surface area contributed by atoms with E-state index >= 15 is 0 Å². The smallest absolute Gasteiger partial charge is 0.266 e. The van der Waals surface area contributed by atoms with E-state index in [0.717, 1.165) is 22.6 Å². The van der Waals surface area contributed by atoms with Crippen molar-refractivity contribution in [2.45, 2.75) is 27.7 Å². The molecule has 4 nitrogen and oxygen atoms in total. The molecule has 0 saturated heterocycles. The maximum absolute atomic E-state index is 12.6. The first-order valence-corrected chi connectivity index (χ1v) is 9.62. The molecule has 0 aliphatic carbocycles. The molecule has 1 N–H and O–H groups in total. The van der Waals surface area contributed by atoms with Gasteiger partial charge in [0.25, 0.3) is 5.91 Å². The van der Waals surface area contributed by atoms with Crippen molar-refractivity contribution in [2.75, 3.05) is 5.32 Å². The fourth-order valence-corrected chi connectivity index (χ4v) is 3.57. The predicted molar refractivity (Wildman–Crippen MR) is 118 cm³/mol. The van der Waals surface area contributed by atoms with Gasteiger partial charge in [0.05, 0.1) is 0 Å². The number of nitrogens with one attached hydrogen (secondary N) is 1. The summed E-state index contributed by atoms with van der Waals surface area (Å²) in [5, 5.41) is 12.8. The normalized spacial score (nSPS) is 11.2. The van der Waals surface area contributed by atoms with Crippen LogP contribution in [0.1, 0.15) is 28.1 Å². The summed E-state index contributed by atoms with van der Waals surface area (Å²) in [6.45, 7) is 8.14. The maximum Gasteiger partial charge on any atom is 0.266 e. The zero-order chi connectivity index (χ0) is 21.1. The molecule has 0 spiro atoms. The van der Waals surface area contributed by atoms with Gasteiger partial charge in [-0.15, -0.1) is 0 Å². The molecular formula is C24H22ClN3O. The van der Waals surface area contributed by atoms with Crippen molar-refractivity contribution in [1.29, 1.82) is 5.26 Å². The van der Waals surface area contributed by atoms with Crippen molar-refractivity contribution in [3.8, 4) is 11.8 Å². The topological polar surface area (TPSA) is 57.8 Å². The first-order chi connectivity index (χ1) is 13.8. The summed E-state index contributed by atoms with van der Waals surface area (Å²) >= 11 is 5.87. The Morgan fingerprint density at radius 3 is 2.24 bits per heavy atom. The molecule has 0 aliphatic rings. The van der Waals surface area contributed by atoms with Gasteiger partial charge < -0.3 is 9.88 Å². The lowest BCUT2D eigenvalue weighted by molar-refractivity contribution is -0.112. The third kappa shape index (κ3) is 4.59. The second-order valence-electron chi connectivity index (χ2n) is 7.14. The molecule has 2 aromatic carbocycles. The molecule has 1 heterocycles. The highest BCUT2D eigenvalue weighted by Crippen LogP contribution is 2.24. The van der Waals surface area contributed by atoms with Crippen LogP contribution in [0.4, 0.5) is 5.69 Å². The number of nitriles is 1. The van der Waals surface area contributed by atoms with E-state index in [4.69, 9.17) is 11.6 Å². The van der Waals surface area contributed by atoms with Gasteiger partial charge in [0, 0.05) is 27.8 Å². The van der Waals surface area contributed by atoms with E-state index in [0.29, 0.717) is 10.7 Å². The first-order valence-electron chi connectivity index (χ1n) is 9.25. The minimum absolute atomic E-state index is 0.0422. The van der Waals surface area contributed by atoms with Gasteiger partial charge >= 0.3 is 0 Å². The third-order valence-electron chi connectivity index (χ3n) is 4.70. The summed E-state index contributed by atoms with van der Waals surface area (Å²) in [4.78, 5) is 12.6. The molecule has 0 radical (unpaired) electrons. The van der Waals surface area contributed by atoms with E-state index in [9.17, 15) is 10.1 Å². The number of benzene rings is 2. The minimum Gasteiger partial charge on any atom is -0.321 e. The molecule has 0 saturated carbocycles. The van der Waals surface area contributed by atoms with Crippen LogP contribution in [0.2, 0.25) is 5.02 Å². The van der Waals surface area contributed by atoms with Crippen LogP contribution >= 0.6 is 11.6 Å². The second kappa shape index (κ2) is 8.38. The highest BCUT2D eigenvalue weighted by Gasteiger charge is 2.14. The SMILES string of the molecule is Cc1cc(C)cc(-n2c(C)cc(/C=C(/C#N)C(=O)Nc3ccc(Cl)cc3)c2C)c1. The van der Waals surface area contributed by atoms with Gasteiger partial charge in [-0.05, 0) is 92.9 Å². The first kappa shape index (κ1) is 20.4. The third-order valence-corrected chi connectivity index (χ3v) is 4.95. The van der Waals surface area contributed by atoms with E-state index in [2.05, 4.69) is 41.9 Å². The van der Waals surface area contributed by atoms with E-state index in [-0.39, 0.29) is 5.57 Å². The van der Waals surface area contributed by atoms with Crippen molar-refractivity contribution in [1.82, 2.24) is 4.57 Å². The Balaban J connectivity index is 1.95. The Kier molecular flexibility index (Phi) is 5.91. The number of aromatic nitrogens is 1. The van der Waals surface area contributed by atoms with Crippen LogP contribution in [-0.2, 0) is 4.79 Å². The van der Waals surface area contributed by atoms with Gasteiger partial charge in [0.1, 0.15) is 11.6 Å². The molecule has 0 atom stereocenters. The van der Waals surface area contributed by atoms with Gasteiger partial charge in [-0.2, -0.15) is 5.26 Å². The molecule has 3 rings (SSSR count). The van der Waals surface area contributed by atoms with Crippen LogP contribution < -0.4 is 5.32 Å². The van der Waals surface area contributed by atoms with Crippen LogP contribution in [0.3, 0.4) is 0 Å². The van der Waals surface area contributed by atoms with Gasteiger partial charge in [-0.25, -0.2) is 0 Å². The average Bonchev–Trinajstić information content (AvgIpc) is 2.94. The number of nitrogens with zero attached hydrogens (tertiary/aromatic N) is 2. The van der Waals surface area contributed by atoms with Crippen molar-refractivity contribution >= 4 is 29.3 Å². The zero-order valence-corrected chi connectivity index (χ0v) is 17.6. The van der Waals surface area contributed by atoms with E-state index in [1.165, 1.54) is 11.1 Å². The highest BCUT2D eigenvalue weighted by atomic mass is 35.5. The van der Waals surface area contributed by atoms with Gasteiger partial charge in [-0.3, -0.25) is 4.79 Å². The number of halogens is 1. The molecule has 1 amide bonds. The Hall–Kier alpha value is -3.29. The number of aryl methyl sites for hydroxylation is 3. The fourth-order valence-electron chi connectivity index (χ4n) is 3.45. The second-order valence-corrected chi connectivity index (χ2v) is 7.58. The van der Waals surface area contributed by atoms with Gasteiger partial charge in [0.2, 0.25) is 0 Å². The average molecular weight is 404 g/mol. The largest absolute Gasteiger partial charge is 0.321 e. The number of anilines is 1. The summed E-state index contributed by atoms with van der Waals surface area (Å²) in [7, 11) is 0. The minimum atomic E-state index is -0.453. The summed E-state index contributed by atoms with van der Waals surface area (Å²) in [6.07, 6.45) is 1.63. The molecule has 3 aromatic rings. The van der Waals surface area contributed by atoms with Crippen molar-refractivity contribution in [2.24, 2.45) is 0 Å². The van der Waals surface area contributed by atoms with Gasteiger partial charge in [-0.1, -0.05) is 17.7 Å². The number of hydrogen-bond acceptors (Lipinski definition) is 2. The number of hydrogen-bond donors (Lipinski definition) is 1. The maximum atomic E-state index is 12.6. The van der Waals surface area contributed by atoms with Gasteiger partial charge in [0.15, 0.2) is 0 Å². The predicted octanol–water partition coefficient (Wildman–Crippen LogP) is 5.91.